The van der Waals surface area contributed by atoms with E-state index in [9.17, 15) is 0 Å². The van der Waals surface area contributed by atoms with E-state index in [1.807, 2.05) is 18.2 Å². The fourth-order valence-electron chi connectivity index (χ4n) is 2.62. The van der Waals surface area contributed by atoms with Crippen molar-refractivity contribution in [1.29, 1.82) is 0 Å². The molecule has 6 heteroatoms. The summed E-state index contributed by atoms with van der Waals surface area (Å²) in [7, 11) is 7.53. The molecule has 0 fully saturated rings. The number of aliphatic imine (C=N–C) groups is 1. The molecule has 1 rings (SSSR count). The Labute approximate surface area is 159 Å². The Hall–Kier alpha value is -1.95. The van der Waals surface area contributed by atoms with Gasteiger partial charge in [-0.1, -0.05) is 19.3 Å². The van der Waals surface area contributed by atoms with Gasteiger partial charge < -0.3 is 25.0 Å². The molecule has 1 aromatic rings. The lowest BCUT2D eigenvalue weighted by atomic mass is 10.1. The molecule has 0 spiro atoms. The lowest BCUT2D eigenvalue weighted by Gasteiger charge is -2.14. The normalized spacial score (nSPS) is 11.5. The second kappa shape index (κ2) is 13.3. The largest absolute Gasteiger partial charge is 0.493 e. The van der Waals surface area contributed by atoms with Gasteiger partial charge in [-0.3, -0.25) is 4.99 Å². The van der Waals surface area contributed by atoms with Crippen molar-refractivity contribution in [2.45, 2.75) is 39.0 Å². The van der Waals surface area contributed by atoms with E-state index in [0.717, 1.165) is 31.2 Å². The summed E-state index contributed by atoms with van der Waals surface area (Å²) < 4.78 is 10.6. The first kappa shape index (κ1) is 22.1. The summed E-state index contributed by atoms with van der Waals surface area (Å²) in [5.74, 6) is 2.22. The quantitative estimate of drug-likeness (QED) is 0.337. The van der Waals surface area contributed by atoms with E-state index in [4.69, 9.17) is 9.47 Å². The molecule has 0 amide bonds. The third-order valence-electron chi connectivity index (χ3n) is 4.02. The lowest BCUT2D eigenvalue weighted by Crippen LogP contribution is -2.30. The Morgan fingerprint density at radius 2 is 1.69 bits per heavy atom. The molecule has 0 aliphatic heterocycles. The number of nitrogens with zero attached hydrogens (tertiary/aromatic N) is 2. The predicted octanol–water partition coefficient (Wildman–Crippen LogP) is 3.59. The van der Waals surface area contributed by atoms with Gasteiger partial charge in [0.1, 0.15) is 0 Å². The third-order valence-corrected chi connectivity index (χ3v) is 4.02. The first-order valence-corrected chi connectivity index (χ1v) is 9.52. The van der Waals surface area contributed by atoms with Crippen LogP contribution in [0.15, 0.2) is 23.2 Å². The third kappa shape index (κ3) is 8.94. The molecule has 0 radical (unpaired) electrons. The standard InChI is InChI=1S/C20H36N4O2/c1-6-21-20(22-14-10-8-7-9-11-15-24(2)3)23-17-12-13-18(25-4)19(16-17)26-5/h12-13,16H,6-11,14-15H2,1-5H3,(H2,21,22,23). The minimum Gasteiger partial charge on any atom is -0.493 e. The van der Waals surface area contributed by atoms with Crippen LogP contribution in [-0.2, 0) is 0 Å². The Kier molecular flexibility index (Phi) is 11.3. The highest BCUT2D eigenvalue weighted by Gasteiger charge is 2.06. The Morgan fingerprint density at radius 3 is 2.35 bits per heavy atom. The molecule has 0 atom stereocenters. The fourth-order valence-corrected chi connectivity index (χ4v) is 2.62. The van der Waals surface area contributed by atoms with Crippen LogP contribution in [0.5, 0.6) is 11.5 Å². The van der Waals surface area contributed by atoms with Crippen LogP contribution in [0.4, 0.5) is 5.69 Å². The first-order chi connectivity index (χ1) is 12.6. The number of benzene rings is 1. The number of hydrogen-bond acceptors (Lipinski definition) is 4. The molecule has 2 N–H and O–H groups in total. The van der Waals surface area contributed by atoms with Crippen molar-refractivity contribution in [3.63, 3.8) is 0 Å². The highest BCUT2D eigenvalue weighted by atomic mass is 16.5. The van der Waals surface area contributed by atoms with Crippen LogP contribution in [0.2, 0.25) is 0 Å². The van der Waals surface area contributed by atoms with Crippen molar-refractivity contribution in [2.75, 3.05) is 53.3 Å². The van der Waals surface area contributed by atoms with E-state index in [2.05, 4.69) is 41.5 Å². The molecule has 0 aliphatic rings. The van der Waals surface area contributed by atoms with E-state index in [-0.39, 0.29) is 0 Å². The van der Waals surface area contributed by atoms with Crippen LogP contribution in [0.3, 0.4) is 0 Å². The molecular formula is C20H36N4O2. The van der Waals surface area contributed by atoms with Crippen LogP contribution < -0.4 is 20.1 Å². The predicted molar refractivity (Wildman–Crippen MR) is 111 cm³/mol. The molecule has 0 saturated carbocycles. The number of rotatable bonds is 12. The SMILES string of the molecule is CCNC(=NCCCCCCCN(C)C)Nc1ccc(OC)c(OC)c1. The Balaban J connectivity index is 2.44. The molecule has 0 unspecified atom stereocenters. The van der Waals surface area contributed by atoms with Crippen molar-refractivity contribution in [2.24, 2.45) is 4.99 Å². The van der Waals surface area contributed by atoms with Crippen molar-refractivity contribution in [1.82, 2.24) is 10.2 Å². The minimum absolute atomic E-state index is 0.700. The van der Waals surface area contributed by atoms with Crippen molar-refractivity contribution in [3.8, 4) is 11.5 Å². The topological polar surface area (TPSA) is 58.1 Å². The molecule has 0 aromatic heterocycles. The molecule has 0 aliphatic carbocycles. The number of anilines is 1. The van der Waals surface area contributed by atoms with E-state index in [1.54, 1.807) is 14.2 Å². The van der Waals surface area contributed by atoms with Gasteiger partial charge in [-0.25, -0.2) is 0 Å². The number of guanidine groups is 1. The molecule has 0 heterocycles. The second-order valence-electron chi connectivity index (χ2n) is 6.53. The Morgan fingerprint density at radius 1 is 1.00 bits per heavy atom. The monoisotopic (exact) mass is 364 g/mol. The van der Waals surface area contributed by atoms with Gasteiger partial charge in [-0.05, 0) is 52.5 Å². The number of methoxy groups -OCH3 is 2. The maximum Gasteiger partial charge on any atom is 0.195 e. The maximum absolute atomic E-state index is 5.35. The maximum atomic E-state index is 5.35. The molecule has 0 bridgehead atoms. The lowest BCUT2D eigenvalue weighted by molar-refractivity contribution is 0.355. The van der Waals surface area contributed by atoms with Crippen molar-refractivity contribution < 1.29 is 9.47 Å². The number of ether oxygens (including phenoxy) is 2. The summed E-state index contributed by atoms with van der Waals surface area (Å²) >= 11 is 0. The zero-order chi connectivity index (χ0) is 19.2. The second-order valence-corrected chi connectivity index (χ2v) is 6.53. The van der Waals surface area contributed by atoms with Gasteiger partial charge in [0.05, 0.1) is 14.2 Å². The molecule has 148 valence electrons. The summed E-state index contributed by atoms with van der Waals surface area (Å²) in [5.41, 5.74) is 0.922. The number of nitrogens with one attached hydrogen (secondary N) is 2. The summed E-state index contributed by atoms with van der Waals surface area (Å²) in [6.45, 7) is 4.90. The van der Waals surface area contributed by atoms with E-state index < -0.39 is 0 Å². The summed E-state index contributed by atoms with van der Waals surface area (Å²) in [4.78, 5) is 6.91. The van der Waals surface area contributed by atoms with Gasteiger partial charge in [0, 0.05) is 24.8 Å². The van der Waals surface area contributed by atoms with Crippen LogP contribution >= 0.6 is 0 Å². The summed E-state index contributed by atoms with van der Waals surface area (Å²) in [6.07, 6.45) is 6.20. The zero-order valence-corrected chi connectivity index (χ0v) is 17.1. The highest BCUT2D eigenvalue weighted by Crippen LogP contribution is 2.29. The smallest absolute Gasteiger partial charge is 0.195 e. The first-order valence-electron chi connectivity index (χ1n) is 9.52. The highest BCUT2D eigenvalue weighted by molar-refractivity contribution is 5.93. The fraction of sp³-hybridized carbons (Fsp3) is 0.650. The average molecular weight is 365 g/mol. The van der Waals surface area contributed by atoms with Gasteiger partial charge in [-0.2, -0.15) is 0 Å². The molecule has 6 nitrogen and oxygen atoms in total. The molecule has 26 heavy (non-hydrogen) atoms. The number of hydrogen-bond donors (Lipinski definition) is 2. The summed E-state index contributed by atoms with van der Waals surface area (Å²) in [5, 5.41) is 6.61. The minimum atomic E-state index is 0.700. The molecule has 1 aromatic carbocycles. The number of unbranched alkanes of at least 4 members (excludes halogenated alkanes) is 4. The van der Waals surface area contributed by atoms with Gasteiger partial charge >= 0.3 is 0 Å². The van der Waals surface area contributed by atoms with Crippen molar-refractivity contribution in [3.05, 3.63) is 18.2 Å². The summed E-state index contributed by atoms with van der Waals surface area (Å²) in [6, 6.07) is 5.76. The average Bonchev–Trinajstić information content (AvgIpc) is 2.63. The zero-order valence-electron chi connectivity index (χ0n) is 17.1. The van der Waals surface area contributed by atoms with Gasteiger partial charge in [0.2, 0.25) is 0 Å². The van der Waals surface area contributed by atoms with Crippen LogP contribution in [0, 0.1) is 0 Å². The van der Waals surface area contributed by atoms with Crippen LogP contribution in [-0.4, -0.2) is 58.8 Å². The van der Waals surface area contributed by atoms with Crippen LogP contribution in [0.25, 0.3) is 0 Å². The molecular weight excluding hydrogens is 328 g/mol. The van der Waals surface area contributed by atoms with Crippen molar-refractivity contribution >= 4 is 11.6 Å². The van der Waals surface area contributed by atoms with Gasteiger partial charge in [-0.15, -0.1) is 0 Å². The van der Waals surface area contributed by atoms with E-state index >= 15 is 0 Å². The Bertz CT molecular complexity index is 533. The van der Waals surface area contributed by atoms with Crippen LogP contribution in [0.1, 0.15) is 39.0 Å². The van der Waals surface area contributed by atoms with Gasteiger partial charge in [0.15, 0.2) is 17.5 Å². The van der Waals surface area contributed by atoms with E-state index in [1.165, 1.54) is 32.2 Å². The molecule has 0 saturated heterocycles. The van der Waals surface area contributed by atoms with Gasteiger partial charge in [0.25, 0.3) is 0 Å². The van der Waals surface area contributed by atoms with E-state index in [0.29, 0.717) is 11.5 Å².